The standard InChI is InChI=1S/C14H20O3S/c1-2-14(15)17-9-6-4-3-5-8-16-11-13-7-10-18-12-13/h2,7,10,12H,1,3-6,8-9,11H2. The van der Waals surface area contributed by atoms with Crippen molar-refractivity contribution in [3.63, 3.8) is 0 Å². The van der Waals surface area contributed by atoms with E-state index in [-0.39, 0.29) is 5.97 Å². The molecule has 1 heterocycles. The third kappa shape index (κ3) is 7.25. The van der Waals surface area contributed by atoms with Gasteiger partial charge in [0.1, 0.15) is 0 Å². The summed E-state index contributed by atoms with van der Waals surface area (Å²) in [6.07, 6.45) is 5.32. The molecule has 1 rings (SSSR count). The highest BCUT2D eigenvalue weighted by Crippen LogP contribution is 2.08. The van der Waals surface area contributed by atoms with Gasteiger partial charge in [-0.15, -0.1) is 0 Å². The molecule has 0 saturated carbocycles. The lowest BCUT2D eigenvalue weighted by Crippen LogP contribution is -2.01. The maximum atomic E-state index is 10.7. The van der Waals surface area contributed by atoms with E-state index in [1.807, 2.05) is 0 Å². The highest BCUT2D eigenvalue weighted by atomic mass is 32.1. The maximum absolute atomic E-state index is 10.7. The molecule has 3 nitrogen and oxygen atoms in total. The van der Waals surface area contributed by atoms with E-state index >= 15 is 0 Å². The van der Waals surface area contributed by atoms with Crippen LogP contribution in [0.2, 0.25) is 0 Å². The zero-order valence-corrected chi connectivity index (χ0v) is 11.4. The molecule has 0 amide bonds. The Morgan fingerprint density at radius 1 is 1.28 bits per heavy atom. The van der Waals surface area contributed by atoms with Gasteiger partial charge in [0.15, 0.2) is 0 Å². The number of hydrogen-bond acceptors (Lipinski definition) is 4. The summed E-state index contributed by atoms with van der Waals surface area (Å²) in [4.78, 5) is 10.7. The van der Waals surface area contributed by atoms with Crippen molar-refractivity contribution in [1.29, 1.82) is 0 Å². The number of carbonyl (C=O) groups excluding carboxylic acids is 1. The molecule has 100 valence electrons. The van der Waals surface area contributed by atoms with Crippen LogP contribution in [0.5, 0.6) is 0 Å². The molecule has 1 aromatic heterocycles. The number of thiophene rings is 1. The summed E-state index contributed by atoms with van der Waals surface area (Å²) >= 11 is 1.69. The van der Waals surface area contributed by atoms with Crippen LogP contribution >= 0.6 is 11.3 Å². The van der Waals surface area contributed by atoms with E-state index in [1.54, 1.807) is 11.3 Å². The van der Waals surface area contributed by atoms with Crippen LogP contribution in [0.25, 0.3) is 0 Å². The molecule has 0 aliphatic heterocycles. The number of ether oxygens (including phenoxy) is 2. The first-order valence-electron chi connectivity index (χ1n) is 6.21. The molecule has 0 unspecified atom stereocenters. The molecule has 0 spiro atoms. The second kappa shape index (κ2) is 9.85. The molecule has 0 N–H and O–H groups in total. The Balaban J connectivity index is 1.81. The van der Waals surface area contributed by atoms with Gasteiger partial charge >= 0.3 is 5.97 Å². The number of hydrogen-bond donors (Lipinski definition) is 0. The molecular weight excluding hydrogens is 248 g/mol. The minimum Gasteiger partial charge on any atom is -0.463 e. The van der Waals surface area contributed by atoms with Crippen LogP contribution in [0.3, 0.4) is 0 Å². The van der Waals surface area contributed by atoms with Crippen molar-refractivity contribution in [1.82, 2.24) is 0 Å². The summed E-state index contributed by atoms with van der Waals surface area (Å²) < 4.78 is 10.4. The first-order valence-corrected chi connectivity index (χ1v) is 7.15. The summed E-state index contributed by atoms with van der Waals surface area (Å²) in [6.45, 7) is 5.33. The first kappa shape index (κ1) is 14.9. The van der Waals surface area contributed by atoms with Gasteiger partial charge < -0.3 is 9.47 Å². The first-order chi connectivity index (χ1) is 8.83. The fraction of sp³-hybridized carbons (Fsp3) is 0.500. The highest BCUT2D eigenvalue weighted by molar-refractivity contribution is 7.07. The quantitative estimate of drug-likeness (QED) is 0.370. The zero-order chi connectivity index (χ0) is 13.1. The van der Waals surface area contributed by atoms with Crippen LogP contribution in [0.15, 0.2) is 29.5 Å². The second-order valence-electron chi connectivity index (χ2n) is 3.97. The lowest BCUT2D eigenvalue weighted by atomic mass is 10.2. The summed E-state index contributed by atoms with van der Waals surface area (Å²) in [5.74, 6) is -0.339. The van der Waals surface area contributed by atoms with Crippen molar-refractivity contribution in [2.24, 2.45) is 0 Å². The van der Waals surface area contributed by atoms with E-state index in [1.165, 1.54) is 11.6 Å². The molecule has 0 aromatic carbocycles. The fourth-order valence-corrected chi connectivity index (χ4v) is 2.11. The lowest BCUT2D eigenvalue weighted by molar-refractivity contribution is -0.137. The largest absolute Gasteiger partial charge is 0.463 e. The molecule has 0 saturated heterocycles. The molecule has 4 heteroatoms. The fourth-order valence-electron chi connectivity index (χ4n) is 1.46. The predicted molar refractivity (Wildman–Crippen MR) is 73.6 cm³/mol. The van der Waals surface area contributed by atoms with E-state index in [0.717, 1.165) is 32.3 Å². The van der Waals surface area contributed by atoms with E-state index in [9.17, 15) is 4.79 Å². The van der Waals surface area contributed by atoms with E-state index in [0.29, 0.717) is 13.2 Å². The van der Waals surface area contributed by atoms with E-state index in [2.05, 4.69) is 23.4 Å². The smallest absolute Gasteiger partial charge is 0.330 e. The molecule has 0 bridgehead atoms. The number of carbonyl (C=O) groups is 1. The zero-order valence-electron chi connectivity index (χ0n) is 10.6. The predicted octanol–water partition coefficient (Wildman–Crippen LogP) is 3.55. The molecule has 1 aromatic rings. The molecule has 0 aliphatic carbocycles. The summed E-state index contributed by atoms with van der Waals surface area (Å²) in [7, 11) is 0. The van der Waals surface area contributed by atoms with Gasteiger partial charge in [-0.1, -0.05) is 13.0 Å². The molecule has 18 heavy (non-hydrogen) atoms. The van der Waals surface area contributed by atoms with Gasteiger partial charge in [-0.2, -0.15) is 11.3 Å². The monoisotopic (exact) mass is 268 g/mol. The van der Waals surface area contributed by atoms with Crippen molar-refractivity contribution in [2.45, 2.75) is 32.3 Å². The van der Waals surface area contributed by atoms with E-state index in [4.69, 9.17) is 9.47 Å². The van der Waals surface area contributed by atoms with Crippen molar-refractivity contribution < 1.29 is 14.3 Å². The van der Waals surface area contributed by atoms with Gasteiger partial charge in [-0.3, -0.25) is 0 Å². The average molecular weight is 268 g/mol. The van der Waals surface area contributed by atoms with E-state index < -0.39 is 0 Å². The van der Waals surface area contributed by atoms with Gasteiger partial charge in [0.2, 0.25) is 0 Å². The van der Waals surface area contributed by atoms with Crippen molar-refractivity contribution in [2.75, 3.05) is 13.2 Å². The summed E-state index contributed by atoms with van der Waals surface area (Å²) in [5.41, 5.74) is 1.25. The average Bonchev–Trinajstić information content (AvgIpc) is 2.89. The lowest BCUT2D eigenvalue weighted by Gasteiger charge is -2.03. The molecule has 0 fully saturated rings. The maximum Gasteiger partial charge on any atom is 0.330 e. The van der Waals surface area contributed by atoms with Gasteiger partial charge in [0.25, 0.3) is 0 Å². The normalized spacial score (nSPS) is 10.2. The molecule has 0 radical (unpaired) electrons. The number of esters is 1. The van der Waals surface area contributed by atoms with Crippen molar-refractivity contribution in [3.05, 3.63) is 35.0 Å². The molecule has 0 aliphatic rings. The van der Waals surface area contributed by atoms with Crippen LogP contribution in [-0.2, 0) is 20.9 Å². The minimum atomic E-state index is -0.339. The molecular formula is C14H20O3S. The van der Waals surface area contributed by atoms with Gasteiger partial charge in [-0.05, 0) is 41.7 Å². The Bertz CT molecular complexity index is 333. The van der Waals surface area contributed by atoms with Crippen molar-refractivity contribution >= 4 is 17.3 Å². The van der Waals surface area contributed by atoms with Crippen LogP contribution in [0.4, 0.5) is 0 Å². The van der Waals surface area contributed by atoms with Crippen LogP contribution in [0.1, 0.15) is 31.2 Å². The van der Waals surface area contributed by atoms with Gasteiger partial charge in [0, 0.05) is 12.7 Å². The Morgan fingerprint density at radius 2 is 2.06 bits per heavy atom. The molecule has 0 atom stereocenters. The number of rotatable bonds is 10. The van der Waals surface area contributed by atoms with Crippen LogP contribution < -0.4 is 0 Å². The summed E-state index contributed by atoms with van der Waals surface area (Å²) in [6, 6.07) is 2.08. The van der Waals surface area contributed by atoms with Gasteiger partial charge in [0.05, 0.1) is 13.2 Å². The SMILES string of the molecule is C=CC(=O)OCCCCCCOCc1ccsc1. The second-order valence-corrected chi connectivity index (χ2v) is 4.75. The van der Waals surface area contributed by atoms with Gasteiger partial charge in [-0.25, -0.2) is 4.79 Å². The highest BCUT2D eigenvalue weighted by Gasteiger charge is 1.96. The Morgan fingerprint density at radius 3 is 2.72 bits per heavy atom. The Labute approximate surface area is 112 Å². The third-order valence-corrected chi connectivity index (χ3v) is 3.17. The minimum absolute atomic E-state index is 0.339. The Kier molecular flexibility index (Phi) is 8.17. The topological polar surface area (TPSA) is 35.5 Å². The van der Waals surface area contributed by atoms with Crippen LogP contribution in [-0.4, -0.2) is 19.2 Å². The summed E-state index contributed by atoms with van der Waals surface area (Å²) in [5, 5.41) is 4.16. The third-order valence-electron chi connectivity index (χ3n) is 2.44. The van der Waals surface area contributed by atoms with Crippen LogP contribution in [0, 0.1) is 0 Å². The van der Waals surface area contributed by atoms with Crippen molar-refractivity contribution in [3.8, 4) is 0 Å². The number of unbranched alkanes of at least 4 members (excludes halogenated alkanes) is 3. The Hall–Kier alpha value is -1.13.